The molecule has 4 aliphatic carbocycles. The summed E-state index contributed by atoms with van der Waals surface area (Å²) in [7, 11) is 0. The number of Topliss-reactive ketones (excluding diaryl/α,β-unsaturated/α-hetero) is 1. The summed E-state index contributed by atoms with van der Waals surface area (Å²) in [6, 6.07) is 0. The Hall–Kier alpha value is -0.960. The molecular weight excluding hydrogens is 300 g/mol. The molecule has 0 aliphatic heterocycles. The highest BCUT2D eigenvalue weighted by Crippen LogP contribution is 2.65. The van der Waals surface area contributed by atoms with Gasteiger partial charge in [0.2, 0.25) is 0 Å². The number of allylic oxidation sites excluding steroid dienone is 2. The van der Waals surface area contributed by atoms with Crippen molar-refractivity contribution in [1.82, 2.24) is 0 Å². The van der Waals surface area contributed by atoms with Crippen molar-refractivity contribution in [2.24, 2.45) is 34.5 Å². The summed E-state index contributed by atoms with van der Waals surface area (Å²) in [5.74, 6) is 1.03. The number of carbonyl (C=O) groups is 2. The second-order valence-electron chi connectivity index (χ2n) is 9.25. The average molecular weight is 330 g/mol. The zero-order chi connectivity index (χ0) is 17.1. The van der Waals surface area contributed by atoms with Crippen LogP contribution in [0.3, 0.4) is 0 Å². The third-order valence-electron chi connectivity index (χ3n) is 8.34. The van der Waals surface area contributed by atoms with Gasteiger partial charge >= 0.3 is 0 Å². The van der Waals surface area contributed by atoms with Gasteiger partial charge in [0.25, 0.3) is 0 Å². The first-order valence-electron chi connectivity index (χ1n) is 9.81. The maximum absolute atomic E-state index is 12.6. The highest BCUT2D eigenvalue weighted by molar-refractivity contribution is 6.11. The molecular formula is C21H30O3. The predicted molar refractivity (Wildman–Crippen MR) is 92.3 cm³/mol. The van der Waals surface area contributed by atoms with E-state index < -0.39 is 12.5 Å². The smallest absolute Gasteiger partial charge is 0.169 e. The van der Waals surface area contributed by atoms with E-state index in [4.69, 9.17) is 0 Å². The summed E-state index contributed by atoms with van der Waals surface area (Å²) in [6.45, 7) is 4.10. The molecule has 3 saturated carbocycles. The quantitative estimate of drug-likeness (QED) is 0.786. The van der Waals surface area contributed by atoms with Crippen molar-refractivity contribution < 1.29 is 14.7 Å². The lowest BCUT2D eigenvalue weighted by Crippen LogP contribution is -2.51. The van der Waals surface area contributed by atoms with Gasteiger partial charge < -0.3 is 5.11 Å². The van der Waals surface area contributed by atoms with Crippen LogP contribution in [-0.4, -0.2) is 23.3 Å². The molecule has 0 aromatic carbocycles. The number of carbonyl (C=O) groups excluding carboxylic acids is 2. The first kappa shape index (κ1) is 16.5. The van der Waals surface area contributed by atoms with Crippen molar-refractivity contribution in [3.63, 3.8) is 0 Å². The molecule has 0 heterocycles. The fraction of sp³-hybridized carbons (Fsp3) is 0.810. The SMILES string of the molecule is C[C@]12CC[C@H]3[C@@H](CCC4CCCC[C@@]43C)C1=CC(=O)[C@@H]2C(=O)CO. The molecule has 0 aromatic rings. The first-order chi connectivity index (χ1) is 11.4. The summed E-state index contributed by atoms with van der Waals surface area (Å²) in [5.41, 5.74) is 1.34. The molecule has 3 fully saturated rings. The molecule has 0 saturated heterocycles. The molecule has 3 nitrogen and oxygen atoms in total. The minimum absolute atomic E-state index is 0.0527. The molecule has 6 atom stereocenters. The van der Waals surface area contributed by atoms with Crippen molar-refractivity contribution in [2.75, 3.05) is 6.61 Å². The molecule has 0 spiro atoms. The summed E-state index contributed by atoms with van der Waals surface area (Å²) >= 11 is 0. The third kappa shape index (κ3) is 2.06. The van der Waals surface area contributed by atoms with E-state index in [2.05, 4.69) is 13.8 Å². The Bertz CT molecular complexity index is 606. The van der Waals surface area contributed by atoms with Gasteiger partial charge in [0.1, 0.15) is 6.61 Å². The molecule has 0 amide bonds. The van der Waals surface area contributed by atoms with Crippen LogP contribution in [0.25, 0.3) is 0 Å². The topological polar surface area (TPSA) is 54.4 Å². The van der Waals surface area contributed by atoms with Crippen LogP contribution in [0.2, 0.25) is 0 Å². The fourth-order valence-corrected chi connectivity index (χ4v) is 7.10. The number of hydrogen-bond donors (Lipinski definition) is 1. The highest BCUT2D eigenvalue weighted by Gasteiger charge is 2.59. The van der Waals surface area contributed by atoms with Gasteiger partial charge in [-0.1, -0.05) is 32.3 Å². The van der Waals surface area contributed by atoms with E-state index >= 15 is 0 Å². The van der Waals surface area contributed by atoms with Gasteiger partial charge in [-0.25, -0.2) is 0 Å². The number of fused-ring (bicyclic) bond motifs is 5. The van der Waals surface area contributed by atoms with E-state index in [0.717, 1.165) is 18.8 Å². The summed E-state index contributed by atoms with van der Waals surface area (Å²) in [6.07, 6.45) is 11.7. The maximum Gasteiger partial charge on any atom is 0.169 e. The molecule has 1 unspecified atom stereocenters. The Kier molecular flexibility index (Phi) is 3.80. The van der Waals surface area contributed by atoms with Gasteiger partial charge in [-0.05, 0) is 67.8 Å². The lowest BCUT2D eigenvalue weighted by molar-refractivity contribution is -0.136. The van der Waals surface area contributed by atoms with Crippen molar-refractivity contribution in [3.8, 4) is 0 Å². The Morgan fingerprint density at radius 1 is 1.17 bits per heavy atom. The summed E-state index contributed by atoms with van der Waals surface area (Å²) in [4.78, 5) is 24.8. The molecule has 0 aromatic heterocycles. The molecule has 4 aliphatic rings. The van der Waals surface area contributed by atoms with Gasteiger partial charge in [-0.3, -0.25) is 9.59 Å². The van der Waals surface area contributed by atoms with Gasteiger partial charge in [0.05, 0.1) is 5.92 Å². The van der Waals surface area contributed by atoms with Crippen LogP contribution in [0, 0.1) is 34.5 Å². The van der Waals surface area contributed by atoms with Crippen LogP contribution >= 0.6 is 0 Å². The molecule has 0 radical (unpaired) electrons. The second-order valence-corrected chi connectivity index (χ2v) is 9.25. The minimum atomic E-state index is -0.629. The summed E-state index contributed by atoms with van der Waals surface area (Å²) in [5, 5.41) is 9.32. The van der Waals surface area contributed by atoms with Crippen LogP contribution in [0.4, 0.5) is 0 Å². The Morgan fingerprint density at radius 2 is 1.96 bits per heavy atom. The second kappa shape index (κ2) is 5.52. The van der Waals surface area contributed by atoms with Gasteiger partial charge in [-0.15, -0.1) is 0 Å². The minimum Gasteiger partial charge on any atom is -0.389 e. The third-order valence-corrected chi connectivity index (χ3v) is 8.34. The van der Waals surface area contributed by atoms with Gasteiger partial charge in [-0.2, -0.15) is 0 Å². The normalized spacial score (nSPS) is 47.5. The number of rotatable bonds is 2. The van der Waals surface area contributed by atoms with Gasteiger partial charge in [0, 0.05) is 5.41 Å². The monoisotopic (exact) mass is 330 g/mol. The lowest BCUT2D eigenvalue weighted by Gasteiger charge is -2.58. The molecule has 24 heavy (non-hydrogen) atoms. The van der Waals surface area contributed by atoms with E-state index in [-0.39, 0.29) is 17.0 Å². The van der Waals surface area contributed by atoms with Crippen LogP contribution in [0.5, 0.6) is 0 Å². The molecule has 132 valence electrons. The number of aliphatic hydroxyl groups excluding tert-OH is 1. The Labute approximate surface area is 144 Å². The fourth-order valence-electron chi connectivity index (χ4n) is 7.10. The van der Waals surface area contributed by atoms with Crippen molar-refractivity contribution >= 4 is 11.6 Å². The first-order valence-corrected chi connectivity index (χ1v) is 9.81. The van der Waals surface area contributed by atoms with Crippen molar-refractivity contribution in [1.29, 1.82) is 0 Å². The zero-order valence-electron chi connectivity index (χ0n) is 15.0. The average Bonchev–Trinajstić information content (AvgIpc) is 2.84. The van der Waals surface area contributed by atoms with E-state index in [1.54, 1.807) is 0 Å². The van der Waals surface area contributed by atoms with Crippen LogP contribution < -0.4 is 0 Å². The standard InChI is InChI=1S/C21H30O3/c1-20-9-4-3-5-13(20)6-7-14-15(20)8-10-21(2)16(14)11-17(23)19(21)18(24)12-22/h11,13-15,19,22H,3-10,12H2,1-2H3/t13?,14-,15+,19-,20+,21+/m1/s1. The predicted octanol–water partition coefficient (Wildman–Crippen LogP) is 3.70. The van der Waals surface area contributed by atoms with Crippen molar-refractivity contribution in [2.45, 2.75) is 65.2 Å². The molecule has 3 heteroatoms. The Balaban J connectivity index is 1.69. The summed E-state index contributed by atoms with van der Waals surface area (Å²) < 4.78 is 0. The molecule has 0 bridgehead atoms. The molecule has 4 rings (SSSR count). The van der Waals surface area contributed by atoms with Crippen LogP contribution in [0.15, 0.2) is 11.6 Å². The number of ketones is 2. The maximum atomic E-state index is 12.6. The lowest BCUT2D eigenvalue weighted by atomic mass is 9.46. The molecule has 1 N–H and O–H groups in total. The van der Waals surface area contributed by atoms with Gasteiger partial charge in [0.15, 0.2) is 11.6 Å². The van der Waals surface area contributed by atoms with E-state index in [1.165, 1.54) is 44.1 Å². The van der Waals surface area contributed by atoms with E-state index in [0.29, 0.717) is 17.3 Å². The Morgan fingerprint density at radius 3 is 2.71 bits per heavy atom. The largest absolute Gasteiger partial charge is 0.389 e. The van der Waals surface area contributed by atoms with E-state index in [9.17, 15) is 14.7 Å². The van der Waals surface area contributed by atoms with Crippen LogP contribution in [-0.2, 0) is 9.59 Å². The zero-order valence-corrected chi connectivity index (χ0v) is 15.0. The van der Waals surface area contributed by atoms with Crippen LogP contribution in [0.1, 0.15) is 65.2 Å². The number of aliphatic hydroxyl groups is 1. The van der Waals surface area contributed by atoms with E-state index in [1.807, 2.05) is 6.08 Å². The highest BCUT2D eigenvalue weighted by atomic mass is 16.3. The van der Waals surface area contributed by atoms with Crippen molar-refractivity contribution in [3.05, 3.63) is 11.6 Å². The number of hydrogen-bond acceptors (Lipinski definition) is 3.